The minimum atomic E-state index is -0.143. The number of fused-ring (bicyclic) bond motifs is 1. The first-order valence-corrected chi connectivity index (χ1v) is 11.1. The molecule has 2 aliphatic rings. The highest BCUT2D eigenvalue weighted by Crippen LogP contribution is 2.35. The van der Waals surface area contributed by atoms with Crippen LogP contribution in [0.3, 0.4) is 0 Å². The zero-order valence-corrected chi connectivity index (χ0v) is 19.2. The molecule has 3 heterocycles. The molecular formula is C23H31N5O4. The second-order valence-electron chi connectivity index (χ2n) is 8.31. The standard InChI is InChI=1S/C23H31N5O4/c1-5-18-15(2)22(27(4)25-18)24-21(29)13-17-14-32-20-7-6-16(12-19(20)26(17)3)23(30)28-8-10-31-11-9-28/h6-7,12,17H,5,8-11,13-14H2,1-4H3,(H,24,29). The number of rotatable bonds is 5. The van der Waals surface area contributed by atoms with E-state index < -0.39 is 0 Å². The molecule has 1 fully saturated rings. The molecule has 1 aromatic heterocycles. The molecule has 0 saturated carbocycles. The Hall–Kier alpha value is -3.07. The molecule has 0 bridgehead atoms. The van der Waals surface area contributed by atoms with E-state index >= 15 is 0 Å². The van der Waals surface area contributed by atoms with Gasteiger partial charge in [0.05, 0.1) is 37.1 Å². The molecule has 2 amide bonds. The Morgan fingerprint density at radius 3 is 2.66 bits per heavy atom. The second kappa shape index (κ2) is 9.20. The molecule has 0 radical (unpaired) electrons. The third kappa shape index (κ3) is 4.29. The SMILES string of the molecule is CCc1nn(C)c(NC(=O)CC2COc3ccc(C(=O)N4CCOCC4)cc3N2C)c1C. The number of ether oxygens (including phenoxy) is 2. The number of carbonyl (C=O) groups is 2. The Kier molecular flexibility index (Phi) is 6.36. The lowest BCUT2D eigenvalue weighted by molar-refractivity contribution is -0.116. The van der Waals surface area contributed by atoms with Crippen LogP contribution in [0.2, 0.25) is 0 Å². The van der Waals surface area contributed by atoms with Crippen molar-refractivity contribution < 1.29 is 19.1 Å². The normalized spacial score (nSPS) is 18.2. The van der Waals surface area contributed by atoms with Crippen LogP contribution in [-0.4, -0.2) is 72.5 Å². The largest absolute Gasteiger partial charge is 0.489 e. The number of carbonyl (C=O) groups excluding carboxylic acids is 2. The van der Waals surface area contributed by atoms with Crippen molar-refractivity contribution >= 4 is 23.3 Å². The Morgan fingerprint density at radius 2 is 1.97 bits per heavy atom. The van der Waals surface area contributed by atoms with Crippen molar-refractivity contribution in [3.05, 3.63) is 35.0 Å². The highest BCUT2D eigenvalue weighted by Gasteiger charge is 2.29. The molecule has 0 spiro atoms. The smallest absolute Gasteiger partial charge is 0.254 e. The van der Waals surface area contributed by atoms with Gasteiger partial charge in [-0.3, -0.25) is 14.3 Å². The van der Waals surface area contributed by atoms with E-state index in [1.54, 1.807) is 15.6 Å². The summed E-state index contributed by atoms with van der Waals surface area (Å²) in [4.78, 5) is 29.5. The van der Waals surface area contributed by atoms with E-state index in [1.165, 1.54) is 0 Å². The Labute approximate surface area is 188 Å². The fourth-order valence-electron chi connectivity index (χ4n) is 4.28. The number of amides is 2. The number of hydrogen-bond acceptors (Lipinski definition) is 6. The van der Waals surface area contributed by atoms with E-state index in [0.717, 1.165) is 34.9 Å². The van der Waals surface area contributed by atoms with Gasteiger partial charge in [0.15, 0.2) is 0 Å². The van der Waals surface area contributed by atoms with Crippen molar-refractivity contribution in [2.24, 2.45) is 7.05 Å². The molecule has 2 aliphatic heterocycles. The average molecular weight is 442 g/mol. The number of benzene rings is 1. The van der Waals surface area contributed by atoms with Crippen LogP contribution >= 0.6 is 0 Å². The van der Waals surface area contributed by atoms with Gasteiger partial charge in [-0.15, -0.1) is 0 Å². The molecule has 0 aliphatic carbocycles. The number of anilines is 2. The van der Waals surface area contributed by atoms with E-state index in [2.05, 4.69) is 10.4 Å². The van der Waals surface area contributed by atoms with Crippen LogP contribution < -0.4 is 15.0 Å². The van der Waals surface area contributed by atoms with Crippen LogP contribution in [0.4, 0.5) is 11.5 Å². The summed E-state index contributed by atoms with van der Waals surface area (Å²) in [6, 6.07) is 5.35. The zero-order valence-electron chi connectivity index (χ0n) is 19.2. The first-order valence-electron chi connectivity index (χ1n) is 11.1. The minimum absolute atomic E-state index is 0.0113. The van der Waals surface area contributed by atoms with Gasteiger partial charge in [0.2, 0.25) is 5.91 Å². The summed E-state index contributed by atoms with van der Waals surface area (Å²) in [5, 5.41) is 7.47. The monoisotopic (exact) mass is 441 g/mol. The summed E-state index contributed by atoms with van der Waals surface area (Å²) in [5.41, 5.74) is 3.41. The van der Waals surface area contributed by atoms with Gasteiger partial charge >= 0.3 is 0 Å². The molecular weight excluding hydrogens is 410 g/mol. The summed E-state index contributed by atoms with van der Waals surface area (Å²) >= 11 is 0. The average Bonchev–Trinajstić information content (AvgIpc) is 3.08. The van der Waals surface area contributed by atoms with Crippen molar-refractivity contribution in [2.45, 2.75) is 32.7 Å². The molecule has 1 saturated heterocycles. The van der Waals surface area contributed by atoms with Crippen molar-refractivity contribution in [2.75, 3.05) is 50.2 Å². The van der Waals surface area contributed by atoms with Gasteiger partial charge in [0, 0.05) is 38.3 Å². The molecule has 9 nitrogen and oxygen atoms in total. The topological polar surface area (TPSA) is 88.9 Å². The Balaban J connectivity index is 1.46. The maximum atomic E-state index is 12.9. The number of likely N-dealkylation sites (N-methyl/N-ethyl adjacent to an activating group) is 1. The van der Waals surface area contributed by atoms with Crippen LogP contribution in [0.5, 0.6) is 5.75 Å². The molecule has 1 N–H and O–H groups in total. The maximum Gasteiger partial charge on any atom is 0.254 e. The first kappa shape index (κ1) is 22.1. The van der Waals surface area contributed by atoms with Crippen LogP contribution in [0.15, 0.2) is 18.2 Å². The van der Waals surface area contributed by atoms with Crippen LogP contribution in [0.25, 0.3) is 0 Å². The van der Waals surface area contributed by atoms with Crippen molar-refractivity contribution in [3.63, 3.8) is 0 Å². The van der Waals surface area contributed by atoms with Gasteiger partial charge in [-0.1, -0.05) is 6.92 Å². The molecule has 1 aromatic carbocycles. The minimum Gasteiger partial charge on any atom is -0.489 e. The summed E-state index contributed by atoms with van der Waals surface area (Å²) in [5.74, 6) is 1.34. The Bertz CT molecular complexity index is 1010. The predicted molar refractivity (Wildman–Crippen MR) is 121 cm³/mol. The van der Waals surface area contributed by atoms with E-state index in [1.807, 2.05) is 45.0 Å². The van der Waals surface area contributed by atoms with Gasteiger partial charge in [-0.05, 0) is 31.5 Å². The van der Waals surface area contributed by atoms with Crippen molar-refractivity contribution in [3.8, 4) is 5.75 Å². The number of nitrogens with one attached hydrogen (secondary N) is 1. The third-order valence-electron chi connectivity index (χ3n) is 6.26. The van der Waals surface area contributed by atoms with E-state index in [9.17, 15) is 9.59 Å². The highest BCUT2D eigenvalue weighted by atomic mass is 16.5. The summed E-state index contributed by atoms with van der Waals surface area (Å²) in [6.45, 7) is 6.74. The summed E-state index contributed by atoms with van der Waals surface area (Å²) in [6.07, 6.45) is 1.08. The van der Waals surface area contributed by atoms with Gasteiger partial charge in [-0.25, -0.2) is 0 Å². The van der Waals surface area contributed by atoms with Gasteiger partial charge in [0.1, 0.15) is 18.2 Å². The first-order chi connectivity index (χ1) is 15.4. The molecule has 172 valence electrons. The predicted octanol–water partition coefficient (Wildman–Crippen LogP) is 1.99. The molecule has 2 aromatic rings. The molecule has 4 rings (SSSR count). The van der Waals surface area contributed by atoms with E-state index in [-0.39, 0.29) is 24.3 Å². The fourth-order valence-corrected chi connectivity index (χ4v) is 4.28. The number of morpholine rings is 1. The van der Waals surface area contributed by atoms with Gasteiger partial charge < -0.3 is 24.6 Å². The lowest BCUT2D eigenvalue weighted by Crippen LogP contribution is -2.43. The number of aryl methyl sites for hydroxylation is 2. The van der Waals surface area contributed by atoms with Crippen molar-refractivity contribution in [1.29, 1.82) is 0 Å². The van der Waals surface area contributed by atoms with Crippen molar-refractivity contribution in [1.82, 2.24) is 14.7 Å². The summed E-state index contributed by atoms with van der Waals surface area (Å²) < 4.78 is 13.0. The second-order valence-corrected chi connectivity index (χ2v) is 8.31. The van der Waals surface area contributed by atoms with Gasteiger partial charge in [-0.2, -0.15) is 5.10 Å². The van der Waals surface area contributed by atoms with Crippen LogP contribution in [0.1, 0.15) is 35.0 Å². The molecule has 1 unspecified atom stereocenters. The highest BCUT2D eigenvalue weighted by molar-refractivity contribution is 5.96. The molecule has 1 atom stereocenters. The van der Waals surface area contributed by atoms with E-state index in [4.69, 9.17) is 9.47 Å². The number of hydrogen-bond donors (Lipinski definition) is 1. The quantitative estimate of drug-likeness (QED) is 0.763. The number of nitrogens with zero attached hydrogens (tertiary/aromatic N) is 4. The van der Waals surface area contributed by atoms with Gasteiger partial charge in [0.25, 0.3) is 5.91 Å². The zero-order chi connectivity index (χ0) is 22.8. The Morgan fingerprint density at radius 1 is 1.22 bits per heavy atom. The third-order valence-corrected chi connectivity index (χ3v) is 6.26. The molecule has 32 heavy (non-hydrogen) atoms. The summed E-state index contributed by atoms with van der Waals surface area (Å²) in [7, 11) is 3.77. The maximum absolute atomic E-state index is 12.9. The lowest BCUT2D eigenvalue weighted by atomic mass is 10.1. The lowest BCUT2D eigenvalue weighted by Gasteiger charge is -2.36. The number of aromatic nitrogens is 2. The fraction of sp³-hybridized carbons (Fsp3) is 0.522. The van der Waals surface area contributed by atoms with Crippen LogP contribution in [0, 0.1) is 6.92 Å². The van der Waals surface area contributed by atoms with Crippen LogP contribution in [-0.2, 0) is 23.0 Å². The molecule has 9 heteroatoms. The van der Waals surface area contributed by atoms with E-state index in [0.29, 0.717) is 38.5 Å².